The summed E-state index contributed by atoms with van der Waals surface area (Å²) in [5.41, 5.74) is 3.24. The smallest absolute Gasteiger partial charge is 0.265 e. The van der Waals surface area contributed by atoms with E-state index in [0.717, 1.165) is 28.6 Å². The number of hydrogen-bond donors (Lipinski definition) is 0. The summed E-state index contributed by atoms with van der Waals surface area (Å²) in [7, 11) is 1.55. The Morgan fingerprint density at radius 1 is 1.29 bits per heavy atom. The van der Waals surface area contributed by atoms with Gasteiger partial charge in [-0.2, -0.15) is 0 Å². The molecule has 0 spiro atoms. The summed E-state index contributed by atoms with van der Waals surface area (Å²) in [6.45, 7) is 3.75. The van der Waals surface area contributed by atoms with Crippen LogP contribution in [-0.4, -0.2) is 26.7 Å². The lowest BCUT2D eigenvalue weighted by molar-refractivity contribution is 0.103. The van der Waals surface area contributed by atoms with Gasteiger partial charge in [-0.05, 0) is 50.5 Å². The van der Waals surface area contributed by atoms with Gasteiger partial charge in [0.05, 0.1) is 28.8 Å². The van der Waals surface area contributed by atoms with E-state index >= 15 is 0 Å². The standard InChI is InChI=1S/C19H16Br3N3O3/c1-9-14(16(26)12-8-11(20)4-5-13(12)27-3)10(2)25(22)15(9)17-23-24-18(28-17)19(21)6-7-19/h4-5,8H,6-7H2,1-3H3. The third kappa shape index (κ3) is 3.17. The molecule has 0 amide bonds. The molecule has 0 atom stereocenters. The number of methoxy groups -OCH3 is 1. The van der Waals surface area contributed by atoms with Crippen LogP contribution in [0.15, 0.2) is 27.1 Å². The highest BCUT2D eigenvalue weighted by molar-refractivity contribution is 9.10. The zero-order valence-electron chi connectivity index (χ0n) is 15.3. The molecule has 1 fully saturated rings. The molecule has 0 aliphatic heterocycles. The third-order valence-electron chi connectivity index (χ3n) is 4.92. The Morgan fingerprint density at radius 3 is 2.64 bits per heavy atom. The number of ether oxygens (including phenoxy) is 1. The van der Waals surface area contributed by atoms with E-state index in [0.29, 0.717) is 34.4 Å². The molecule has 1 aliphatic carbocycles. The maximum atomic E-state index is 13.4. The first kappa shape index (κ1) is 19.8. The second-order valence-corrected chi connectivity index (χ2v) is 9.91. The second kappa shape index (κ2) is 7.11. The topological polar surface area (TPSA) is 70.2 Å². The highest BCUT2D eigenvalue weighted by Gasteiger charge is 2.47. The van der Waals surface area contributed by atoms with Crippen LogP contribution in [-0.2, 0) is 4.32 Å². The minimum atomic E-state index is -0.201. The molecule has 28 heavy (non-hydrogen) atoms. The lowest BCUT2D eigenvalue weighted by Gasteiger charge is -2.09. The largest absolute Gasteiger partial charge is 0.496 e. The van der Waals surface area contributed by atoms with Crippen LogP contribution in [0, 0.1) is 13.8 Å². The van der Waals surface area contributed by atoms with Crippen LogP contribution < -0.4 is 4.74 Å². The monoisotopic (exact) mass is 571 g/mol. The summed E-state index contributed by atoms with van der Waals surface area (Å²) in [5, 5.41) is 8.39. The highest BCUT2D eigenvalue weighted by Crippen LogP contribution is 2.53. The average molecular weight is 574 g/mol. The maximum Gasteiger partial charge on any atom is 0.265 e. The molecule has 146 valence electrons. The Hall–Kier alpha value is -1.45. The van der Waals surface area contributed by atoms with E-state index in [9.17, 15) is 4.79 Å². The number of alkyl halides is 1. The molecule has 0 unspecified atom stereocenters. The minimum Gasteiger partial charge on any atom is -0.496 e. The SMILES string of the molecule is COc1ccc(Br)cc1C(=O)c1c(C)c(-c2nnc(C3(Br)CC3)o2)n(Br)c1C. The molecule has 1 aliphatic rings. The zero-order valence-corrected chi connectivity index (χ0v) is 20.1. The van der Waals surface area contributed by atoms with Gasteiger partial charge in [-0.15, -0.1) is 10.2 Å². The van der Waals surface area contributed by atoms with Crippen molar-refractivity contribution in [2.24, 2.45) is 0 Å². The Balaban J connectivity index is 1.82. The Morgan fingerprint density at radius 2 is 2.00 bits per heavy atom. The van der Waals surface area contributed by atoms with Gasteiger partial charge < -0.3 is 9.15 Å². The molecule has 2 aromatic heterocycles. The lowest BCUT2D eigenvalue weighted by atomic mass is 9.99. The van der Waals surface area contributed by atoms with Gasteiger partial charge in [0.15, 0.2) is 5.78 Å². The molecule has 1 saturated carbocycles. The van der Waals surface area contributed by atoms with Crippen molar-refractivity contribution in [3.8, 4) is 17.3 Å². The molecular formula is C19H16Br3N3O3. The van der Waals surface area contributed by atoms with Crippen molar-refractivity contribution >= 4 is 53.8 Å². The number of aromatic nitrogens is 3. The summed E-state index contributed by atoms with van der Waals surface area (Å²) in [6, 6.07) is 5.37. The second-order valence-electron chi connectivity index (χ2n) is 6.77. The average Bonchev–Trinajstić information content (AvgIpc) is 3.14. The number of nitrogens with zero attached hydrogens (tertiary/aromatic N) is 3. The Kier molecular flexibility index (Phi) is 5.04. The number of hydrogen-bond acceptors (Lipinski definition) is 5. The van der Waals surface area contributed by atoms with Crippen LogP contribution in [0.1, 0.15) is 45.9 Å². The molecule has 4 rings (SSSR count). The normalized spacial score (nSPS) is 14.9. The number of rotatable bonds is 5. The summed E-state index contributed by atoms with van der Waals surface area (Å²) in [4.78, 5) is 13.4. The van der Waals surface area contributed by atoms with E-state index in [1.807, 2.05) is 19.9 Å². The number of halogens is 3. The fraction of sp³-hybridized carbons (Fsp3) is 0.316. The van der Waals surface area contributed by atoms with Crippen molar-refractivity contribution in [3.05, 3.63) is 50.9 Å². The van der Waals surface area contributed by atoms with Crippen molar-refractivity contribution < 1.29 is 13.9 Å². The van der Waals surface area contributed by atoms with E-state index in [4.69, 9.17) is 9.15 Å². The van der Waals surface area contributed by atoms with Gasteiger partial charge >= 0.3 is 0 Å². The first-order valence-corrected chi connectivity index (χ1v) is 10.9. The number of carbonyl (C=O) groups excluding carboxylic acids is 1. The lowest BCUT2D eigenvalue weighted by Crippen LogP contribution is -2.06. The quantitative estimate of drug-likeness (QED) is 0.289. The maximum absolute atomic E-state index is 13.4. The first-order valence-electron chi connectivity index (χ1n) is 8.56. The van der Waals surface area contributed by atoms with Crippen LogP contribution in [0.2, 0.25) is 0 Å². The molecule has 0 saturated heterocycles. The Labute approximate surface area is 187 Å². The van der Waals surface area contributed by atoms with Gasteiger partial charge in [-0.1, -0.05) is 31.9 Å². The van der Waals surface area contributed by atoms with E-state index in [1.54, 1.807) is 22.8 Å². The van der Waals surface area contributed by atoms with Crippen LogP contribution in [0.25, 0.3) is 11.6 Å². The van der Waals surface area contributed by atoms with Gasteiger partial charge in [0.2, 0.25) is 5.89 Å². The highest BCUT2D eigenvalue weighted by atomic mass is 79.9. The predicted molar refractivity (Wildman–Crippen MR) is 115 cm³/mol. The van der Waals surface area contributed by atoms with Gasteiger partial charge in [-0.25, -0.2) is 0 Å². The van der Waals surface area contributed by atoms with E-state index < -0.39 is 0 Å². The summed E-state index contributed by atoms with van der Waals surface area (Å²) >= 11 is 10.6. The molecule has 0 radical (unpaired) electrons. The fourth-order valence-electron chi connectivity index (χ4n) is 3.20. The molecule has 0 bridgehead atoms. The van der Waals surface area contributed by atoms with Gasteiger partial charge in [-0.3, -0.25) is 8.39 Å². The van der Waals surface area contributed by atoms with Crippen LogP contribution in [0.4, 0.5) is 0 Å². The van der Waals surface area contributed by atoms with Crippen molar-refractivity contribution in [2.75, 3.05) is 7.11 Å². The molecule has 6 nitrogen and oxygen atoms in total. The van der Waals surface area contributed by atoms with Gasteiger partial charge in [0, 0.05) is 15.7 Å². The van der Waals surface area contributed by atoms with Gasteiger partial charge in [0.1, 0.15) is 15.8 Å². The summed E-state index contributed by atoms with van der Waals surface area (Å²) in [5.74, 6) is 1.32. The van der Waals surface area contributed by atoms with Crippen LogP contribution >= 0.6 is 48.0 Å². The molecule has 9 heteroatoms. The van der Waals surface area contributed by atoms with Crippen molar-refractivity contribution in [1.29, 1.82) is 0 Å². The number of carbonyl (C=O) groups is 1. The van der Waals surface area contributed by atoms with Gasteiger partial charge in [0.25, 0.3) is 5.89 Å². The predicted octanol–water partition coefficient (Wildman–Crippen LogP) is 5.70. The molecule has 2 heterocycles. The van der Waals surface area contributed by atoms with Crippen LogP contribution in [0.5, 0.6) is 5.75 Å². The van der Waals surface area contributed by atoms with E-state index in [2.05, 4.69) is 58.2 Å². The summed E-state index contributed by atoms with van der Waals surface area (Å²) < 4.78 is 13.6. The van der Waals surface area contributed by atoms with Crippen molar-refractivity contribution in [3.63, 3.8) is 0 Å². The summed E-state index contributed by atoms with van der Waals surface area (Å²) in [6.07, 6.45) is 1.93. The Bertz CT molecular complexity index is 1100. The third-order valence-corrected chi connectivity index (χ3v) is 7.43. The van der Waals surface area contributed by atoms with Crippen molar-refractivity contribution in [1.82, 2.24) is 13.8 Å². The molecular weight excluding hydrogens is 558 g/mol. The zero-order chi connectivity index (χ0) is 20.2. The number of ketones is 1. The minimum absolute atomic E-state index is 0.133. The van der Waals surface area contributed by atoms with Crippen LogP contribution in [0.3, 0.4) is 0 Å². The molecule has 3 aromatic rings. The number of benzene rings is 1. The van der Waals surface area contributed by atoms with E-state index in [-0.39, 0.29) is 10.1 Å². The first-order chi connectivity index (χ1) is 13.3. The van der Waals surface area contributed by atoms with E-state index in [1.165, 1.54) is 0 Å². The fourth-order valence-corrected chi connectivity index (χ4v) is 4.51. The molecule has 1 aromatic carbocycles. The molecule has 0 N–H and O–H groups in total. The van der Waals surface area contributed by atoms with Crippen molar-refractivity contribution in [2.45, 2.75) is 31.0 Å².